The molecule has 1 fully saturated rings. The zero-order chi connectivity index (χ0) is 8.55. The molecule has 2 heterocycles. The van der Waals surface area contributed by atoms with Crippen LogP contribution < -0.4 is 4.74 Å². The molecular weight excluding hydrogens is 196 g/mol. The van der Waals surface area contributed by atoms with E-state index < -0.39 is 0 Å². The largest absolute Gasteiger partial charge is 0.490 e. The van der Waals surface area contributed by atoms with E-state index >= 15 is 0 Å². The Balaban J connectivity index is 1.96. The molecule has 12 heavy (non-hydrogen) atoms. The number of ether oxygens (including phenoxy) is 2. The molecule has 0 bridgehead atoms. The minimum absolute atomic E-state index is 0.308. The molecule has 66 valence electrons. The lowest BCUT2D eigenvalue weighted by Gasteiger charge is -2.01. The first-order valence-corrected chi connectivity index (χ1v) is 5.01. The van der Waals surface area contributed by atoms with E-state index in [0.717, 1.165) is 22.3 Å². The average molecular weight is 205 g/mol. The highest BCUT2D eigenvalue weighted by Crippen LogP contribution is 2.32. The molecule has 0 N–H and O–H groups in total. The molecule has 1 aromatic rings. The van der Waals surface area contributed by atoms with E-state index in [-0.39, 0.29) is 0 Å². The molecule has 0 saturated carbocycles. The minimum atomic E-state index is 0.308. The van der Waals surface area contributed by atoms with Crippen molar-refractivity contribution in [1.29, 1.82) is 0 Å². The van der Waals surface area contributed by atoms with Crippen LogP contribution in [0.25, 0.3) is 0 Å². The molecule has 1 atom stereocenters. The molecule has 2 nitrogen and oxygen atoms in total. The standard InChI is InChI=1S/C8H9ClO2S/c1-5-7(4-12-8(5)9)11-3-6-2-10-6/h4,6H,2-3H2,1H3. The first kappa shape index (κ1) is 8.35. The lowest BCUT2D eigenvalue weighted by atomic mass is 10.3. The maximum Gasteiger partial charge on any atom is 0.134 e. The quantitative estimate of drug-likeness (QED) is 0.706. The van der Waals surface area contributed by atoms with Crippen LogP contribution in [0.3, 0.4) is 0 Å². The van der Waals surface area contributed by atoms with Gasteiger partial charge in [-0.15, -0.1) is 11.3 Å². The molecule has 1 aromatic heterocycles. The van der Waals surface area contributed by atoms with Crippen LogP contribution in [-0.2, 0) is 4.74 Å². The van der Waals surface area contributed by atoms with Gasteiger partial charge in [-0.3, -0.25) is 0 Å². The Labute approximate surface area is 80.1 Å². The molecule has 2 rings (SSSR count). The number of halogens is 1. The molecule has 0 amide bonds. The van der Waals surface area contributed by atoms with Gasteiger partial charge >= 0.3 is 0 Å². The second-order valence-electron chi connectivity index (χ2n) is 2.77. The highest BCUT2D eigenvalue weighted by atomic mass is 35.5. The molecule has 1 unspecified atom stereocenters. The summed E-state index contributed by atoms with van der Waals surface area (Å²) in [7, 11) is 0. The third kappa shape index (κ3) is 1.73. The zero-order valence-corrected chi connectivity index (χ0v) is 8.24. The van der Waals surface area contributed by atoms with Crippen molar-refractivity contribution in [2.45, 2.75) is 13.0 Å². The summed E-state index contributed by atoms with van der Waals surface area (Å²) in [5, 5.41) is 1.93. The Morgan fingerprint density at radius 2 is 2.58 bits per heavy atom. The van der Waals surface area contributed by atoms with Gasteiger partial charge in [-0.2, -0.15) is 0 Å². The van der Waals surface area contributed by atoms with Crippen molar-refractivity contribution >= 4 is 22.9 Å². The summed E-state index contributed by atoms with van der Waals surface area (Å²) in [6.45, 7) is 3.44. The third-order valence-corrected chi connectivity index (χ3v) is 3.16. The van der Waals surface area contributed by atoms with Crippen molar-refractivity contribution in [3.05, 3.63) is 15.3 Å². The van der Waals surface area contributed by atoms with Crippen LogP contribution in [-0.4, -0.2) is 19.3 Å². The predicted octanol–water partition coefficient (Wildman–Crippen LogP) is 2.49. The van der Waals surface area contributed by atoms with Gasteiger partial charge in [-0.1, -0.05) is 11.6 Å². The number of rotatable bonds is 3. The Bertz CT molecular complexity index is 281. The van der Waals surface area contributed by atoms with Crippen molar-refractivity contribution in [1.82, 2.24) is 0 Å². The summed E-state index contributed by atoms with van der Waals surface area (Å²) >= 11 is 7.37. The summed E-state index contributed by atoms with van der Waals surface area (Å²) in [6.07, 6.45) is 0.308. The molecular formula is C8H9ClO2S. The van der Waals surface area contributed by atoms with Gasteiger partial charge in [0.15, 0.2) is 0 Å². The number of epoxide rings is 1. The lowest BCUT2D eigenvalue weighted by Crippen LogP contribution is -2.03. The van der Waals surface area contributed by atoms with Gasteiger partial charge < -0.3 is 9.47 Å². The van der Waals surface area contributed by atoms with Gasteiger partial charge in [0, 0.05) is 10.9 Å². The zero-order valence-electron chi connectivity index (χ0n) is 6.67. The van der Waals surface area contributed by atoms with Gasteiger partial charge in [0.1, 0.15) is 18.5 Å². The fraction of sp³-hybridized carbons (Fsp3) is 0.500. The molecule has 0 aliphatic carbocycles. The highest BCUT2D eigenvalue weighted by Gasteiger charge is 2.23. The van der Waals surface area contributed by atoms with Crippen LogP contribution in [0.2, 0.25) is 4.34 Å². The molecule has 0 aromatic carbocycles. The van der Waals surface area contributed by atoms with Crippen molar-refractivity contribution in [3.8, 4) is 5.75 Å². The molecule has 1 aliphatic rings. The van der Waals surface area contributed by atoms with Crippen molar-refractivity contribution < 1.29 is 9.47 Å². The minimum Gasteiger partial charge on any atom is -0.490 e. The van der Waals surface area contributed by atoms with Gasteiger partial charge in [0.05, 0.1) is 10.9 Å². The second kappa shape index (κ2) is 3.24. The smallest absolute Gasteiger partial charge is 0.134 e. The molecule has 0 spiro atoms. The van der Waals surface area contributed by atoms with Crippen LogP contribution in [0.4, 0.5) is 0 Å². The maximum atomic E-state index is 5.87. The number of hydrogen-bond acceptors (Lipinski definition) is 3. The van der Waals surface area contributed by atoms with Crippen LogP contribution in [0.5, 0.6) is 5.75 Å². The topological polar surface area (TPSA) is 21.8 Å². The van der Waals surface area contributed by atoms with Crippen molar-refractivity contribution in [2.75, 3.05) is 13.2 Å². The monoisotopic (exact) mass is 204 g/mol. The van der Waals surface area contributed by atoms with E-state index in [9.17, 15) is 0 Å². The van der Waals surface area contributed by atoms with Crippen LogP contribution in [0.15, 0.2) is 5.38 Å². The van der Waals surface area contributed by atoms with E-state index in [1.54, 1.807) is 0 Å². The van der Waals surface area contributed by atoms with E-state index in [0.29, 0.717) is 12.7 Å². The van der Waals surface area contributed by atoms with Crippen LogP contribution in [0, 0.1) is 6.92 Å². The van der Waals surface area contributed by atoms with Crippen LogP contribution >= 0.6 is 22.9 Å². The van der Waals surface area contributed by atoms with E-state index in [2.05, 4.69) is 0 Å². The Hall–Kier alpha value is -0.250. The van der Waals surface area contributed by atoms with Gasteiger partial charge in [-0.05, 0) is 6.92 Å². The molecule has 4 heteroatoms. The van der Waals surface area contributed by atoms with Gasteiger partial charge in [0.25, 0.3) is 0 Å². The molecule has 1 aliphatic heterocycles. The second-order valence-corrected chi connectivity index (χ2v) is 4.25. The van der Waals surface area contributed by atoms with Gasteiger partial charge in [-0.25, -0.2) is 0 Å². The van der Waals surface area contributed by atoms with Gasteiger partial charge in [0.2, 0.25) is 0 Å². The fourth-order valence-corrected chi connectivity index (χ4v) is 1.83. The summed E-state index contributed by atoms with van der Waals surface area (Å²) in [4.78, 5) is 0. The highest BCUT2D eigenvalue weighted by molar-refractivity contribution is 7.14. The Kier molecular flexibility index (Phi) is 2.26. The Morgan fingerprint density at radius 3 is 3.08 bits per heavy atom. The summed E-state index contributed by atoms with van der Waals surface area (Å²) < 4.78 is 11.3. The summed E-state index contributed by atoms with van der Waals surface area (Å²) in [5.74, 6) is 0.889. The Morgan fingerprint density at radius 1 is 1.83 bits per heavy atom. The van der Waals surface area contributed by atoms with Crippen molar-refractivity contribution in [3.63, 3.8) is 0 Å². The summed E-state index contributed by atoms with van der Waals surface area (Å²) in [5.41, 5.74) is 1.03. The normalized spacial score (nSPS) is 21.0. The first-order valence-electron chi connectivity index (χ1n) is 3.75. The number of hydrogen-bond donors (Lipinski definition) is 0. The number of thiophene rings is 1. The lowest BCUT2D eigenvalue weighted by molar-refractivity contribution is 0.262. The average Bonchev–Trinajstić information content (AvgIpc) is 2.82. The van der Waals surface area contributed by atoms with E-state index in [1.165, 1.54) is 11.3 Å². The fourth-order valence-electron chi connectivity index (χ4n) is 0.868. The van der Waals surface area contributed by atoms with E-state index in [1.807, 2.05) is 12.3 Å². The first-order chi connectivity index (χ1) is 5.77. The van der Waals surface area contributed by atoms with E-state index in [4.69, 9.17) is 21.1 Å². The summed E-state index contributed by atoms with van der Waals surface area (Å²) in [6, 6.07) is 0. The SMILES string of the molecule is Cc1c(OCC2CO2)csc1Cl. The predicted molar refractivity (Wildman–Crippen MR) is 49.3 cm³/mol. The maximum absolute atomic E-state index is 5.87. The van der Waals surface area contributed by atoms with Crippen molar-refractivity contribution in [2.24, 2.45) is 0 Å². The van der Waals surface area contributed by atoms with Crippen LogP contribution in [0.1, 0.15) is 5.56 Å². The third-order valence-electron chi connectivity index (χ3n) is 1.76. The molecule has 0 radical (unpaired) electrons. The molecule has 1 saturated heterocycles.